The van der Waals surface area contributed by atoms with Gasteiger partial charge in [0, 0.05) is 18.7 Å². The van der Waals surface area contributed by atoms with Crippen LogP contribution >= 0.6 is 0 Å². The van der Waals surface area contributed by atoms with Crippen molar-refractivity contribution in [2.24, 2.45) is 0 Å². The van der Waals surface area contributed by atoms with E-state index in [-0.39, 0.29) is 29.5 Å². The van der Waals surface area contributed by atoms with Crippen molar-refractivity contribution in [2.45, 2.75) is 40.0 Å². The number of aliphatic hydroxyl groups is 1. The van der Waals surface area contributed by atoms with E-state index in [1.165, 1.54) is 0 Å². The minimum absolute atomic E-state index is 0. The van der Waals surface area contributed by atoms with Gasteiger partial charge in [0.1, 0.15) is 0 Å². The molecule has 130 valence electrons. The van der Waals surface area contributed by atoms with Crippen molar-refractivity contribution in [3.05, 3.63) is 41.6 Å². The predicted molar refractivity (Wildman–Crippen MR) is 91.0 cm³/mol. The maximum atomic E-state index is 12.3. The number of halogens is 1. The van der Waals surface area contributed by atoms with Crippen molar-refractivity contribution in [3.63, 3.8) is 0 Å². The van der Waals surface area contributed by atoms with Crippen LogP contribution in [0, 0.1) is 13.8 Å². The average molecular weight is 385 g/mol. The highest BCUT2D eigenvalue weighted by molar-refractivity contribution is 5.93. The third kappa shape index (κ3) is 8.30. The Morgan fingerprint density at radius 2 is 1.96 bits per heavy atom. The maximum absolute atomic E-state index is 12.3. The van der Waals surface area contributed by atoms with Gasteiger partial charge in [-0.25, -0.2) is 0 Å². The predicted octanol–water partition coefficient (Wildman–Crippen LogP) is -1.17. The van der Waals surface area contributed by atoms with Crippen LogP contribution in [0.1, 0.15) is 37.3 Å². The molecule has 4 nitrogen and oxygen atoms in total. The van der Waals surface area contributed by atoms with Crippen molar-refractivity contribution < 1.29 is 31.8 Å². The smallest absolute Gasteiger partial charge is 0.279 e. The van der Waals surface area contributed by atoms with Crippen LogP contribution in [0.5, 0.6) is 0 Å². The lowest BCUT2D eigenvalue weighted by Crippen LogP contribution is -3.08. The van der Waals surface area contributed by atoms with Crippen molar-refractivity contribution >= 4 is 11.6 Å². The molecule has 0 aliphatic heterocycles. The summed E-state index contributed by atoms with van der Waals surface area (Å²) in [6.45, 7) is 7.43. The largest absolute Gasteiger partial charge is 1.00 e. The van der Waals surface area contributed by atoms with E-state index in [9.17, 15) is 4.79 Å². The fourth-order valence-electron chi connectivity index (χ4n) is 2.35. The Labute approximate surface area is 150 Å². The molecule has 0 aliphatic carbocycles. The number of allylic oxidation sites excluding steroid dienone is 1. The number of hydrogen-bond acceptors (Lipinski definition) is 2. The molecule has 1 aromatic rings. The average Bonchev–Trinajstić information content (AvgIpc) is 2.48. The van der Waals surface area contributed by atoms with Crippen molar-refractivity contribution in [1.82, 2.24) is 0 Å². The number of anilines is 1. The van der Waals surface area contributed by atoms with Crippen LogP contribution in [-0.2, 0) is 4.79 Å². The zero-order valence-corrected chi connectivity index (χ0v) is 15.9. The van der Waals surface area contributed by atoms with Gasteiger partial charge < -0.3 is 32.3 Å². The molecule has 0 saturated carbocycles. The Balaban J connectivity index is 0.00000484. The third-order valence-corrected chi connectivity index (χ3v) is 3.60. The number of para-hydroxylation sites is 1. The summed E-state index contributed by atoms with van der Waals surface area (Å²) >= 11 is 0. The van der Waals surface area contributed by atoms with Gasteiger partial charge in [0.25, 0.3) is 5.91 Å². The van der Waals surface area contributed by atoms with E-state index in [1.807, 2.05) is 38.2 Å². The number of rotatable bonds is 9. The van der Waals surface area contributed by atoms with Crippen LogP contribution in [0.4, 0.5) is 5.69 Å². The summed E-state index contributed by atoms with van der Waals surface area (Å²) in [4.78, 5) is 13.4. The maximum Gasteiger partial charge on any atom is 0.279 e. The van der Waals surface area contributed by atoms with Gasteiger partial charge in [-0.2, -0.15) is 0 Å². The quantitative estimate of drug-likeness (QED) is 0.502. The molecular formula is C18H29BrN2O2. The molecule has 1 rings (SSSR count). The second-order valence-electron chi connectivity index (χ2n) is 5.67. The molecule has 23 heavy (non-hydrogen) atoms. The van der Waals surface area contributed by atoms with Crippen molar-refractivity contribution in [1.29, 1.82) is 0 Å². The van der Waals surface area contributed by atoms with Gasteiger partial charge >= 0.3 is 0 Å². The molecule has 0 bridgehead atoms. The van der Waals surface area contributed by atoms with Crippen LogP contribution in [0.2, 0.25) is 0 Å². The standard InChI is InChI=1S/C18H28N2O2.BrH/c1-4-5-6-11-20(12-8-13-21)14-17(22)19-18-15(2)9-7-10-16(18)3;/h6-7,9-11,21H,4-5,8,12-14H2,1-3H3,(H,19,22);1H/b11-6-;. The monoisotopic (exact) mass is 384 g/mol. The highest BCUT2D eigenvalue weighted by Gasteiger charge is 2.13. The minimum Gasteiger partial charge on any atom is -1.00 e. The van der Waals surface area contributed by atoms with E-state index >= 15 is 0 Å². The number of quaternary nitrogens is 1. The molecule has 5 heteroatoms. The van der Waals surface area contributed by atoms with E-state index in [1.54, 1.807) is 0 Å². The second kappa shape index (κ2) is 12.3. The van der Waals surface area contributed by atoms with Gasteiger partial charge in [-0.3, -0.25) is 4.79 Å². The first kappa shape index (κ1) is 21.8. The summed E-state index contributed by atoms with van der Waals surface area (Å²) < 4.78 is 0. The number of hydrogen-bond donors (Lipinski definition) is 3. The van der Waals surface area contributed by atoms with Crippen LogP contribution in [0.3, 0.4) is 0 Å². The number of amides is 1. The Bertz CT molecular complexity index is 484. The van der Waals surface area contributed by atoms with E-state index in [2.05, 4.69) is 18.3 Å². The highest BCUT2D eigenvalue weighted by Crippen LogP contribution is 2.18. The molecule has 0 saturated heterocycles. The summed E-state index contributed by atoms with van der Waals surface area (Å²) in [5.41, 5.74) is 3.06. The summed E-state index contributed by atoms with van der Waals surface area (Å²) in [5.74, 6) is 0.00601. The highest BCUT2D eigenvalue weighted by atomic mass is 79.9. The lowest BCUT2D eigenvalue weighted by atomic mass is 10.1. The topological polar surface area (TPSA) is 53.8 Å². The molecule has 1 aromatic carbocycles. The fraction of sp³-hybridized carbons (Fsp3) is 0.500. The van der Waals surface area contributed by atoms with Gasteiger partial charge in [0.15, 0.2) is 6.54 Å². The van der Waals surface area contributed by atoms with E-state index in [0.29, 0.717) is 13.0 Å². The molecular weight excluding hydrogens is 356 g/mol. The van der Waals surface area contributed by atoms with Crippen LogP contribution in [0.15, 0.2) is 30.5 Å². The normalized spacial score (nSPS) is 12.0. The number of nitrogens with one attached hydrogen (secondary N) is 2. The SMILES string of the molecule is CCC/C=C\[NH+](CCCO)CC(=O)Nc1c(C)cccc1C.[Br-]. The lowest BCUT2D eigenvalue weighted by molar-refractivity contribution is -0.838. The Morgan fingerprint density at radius 3 is 2.52 bits per heavy atom. The van der Waals surface area contributed by atoms with Gasteiger partial charge in [-0.15, -0.1) is 0 Å². The molecule has 1 atom stereocenters. The van der Waals surface area contributed by atoms with Crippen molar-refractivity contribution in [3.8, 4) is 0 Å². The molecule has 1 unspecified atom stereocenters. The van der Waals surface area contributed by atoms with Gasteiger partial charge in [-0.05, 0) is 37.5 Å². The van der Waals surface area contributed by atoms with E-state index in [4.69, 9.17) is 5.11 Å². The first-order valence-electron chi connectivity index (χ1n) is 8.06. The number of carbonyl (C=O) groups is 1. The first-order valence-corrected chi connectivity index (χ1v) is 8.06. The van der Waals surface area contributed by atoms with E-state index in [0.717, 1.165) is 41.1 Å². The molecule has 0 heterocycles. The molecule has 0 aromatic heterocycles. The lowest BCUT2D eigenvalue weighted by Gasteiger charge is -2.16. The Kier molecular flexibility index (Phi) is 11.7. The number of benzene rings is 1. The van der Waals surface area contributed by atoms with Gasteiger partial charge in [-0.1, -0.05) is 31.5 Å². The van der Waals surface area contributed by atoms with Crippen LogP contribution in [0.25, 0.3) is 0 Å². The Morgan fingerprint density at radius 1 is 1.30 bits per heavy atom. The van der Waals surface area contributed by atoms with Gasteiger partial charge in [0.05, 0.1) is 12.7 Å². The van der Waals surface area contributed by atoms with Crippen molar-refractivity contribution in [2.75, 3.05) is 25.0 Å². The zero-order chi connectivity index (χ0) is 16.4. The Hall–Kier alpha value is -1.17. The fourth-order valence-corrected chi connectivity index (χ4v) is 2.35. The number of aryl methyl sites for hydroxylation is 2. The van der Waals surface area contributed by atoms with Crippen LogP contribution < -0.4 is 27.2 Å². The number of carbonyl (C=O) groups excluding carboxylic acids is 1. The first-order chi connectivity index (χ1) is 10.6. The molecule has 1 amide bonds. The minimum atomic E-state index is 0. The molecule has 0 fully saturated rings. The summed E-state index contributed by atoms with van der Waals surface area (Å²) in [6.07, 6.45) is 6.96. The molecule has 0 spiro atoms. The third-order valence-electron chi connectivity index (χ3n) is 3.60. The van der Waals surface area contributed by atoms with Crippen LogP contribution in [-0.4, -0.2) is 30.7 Å². The zero-order valence-electron chi connectivity index (χ0n) is 14.4. The molecule has 0 radical (unpaired) electrons. The summed E-state index contributed by atoms with van der Waals surface area (Å²) in [5, 5.41) is 12.0. The molecule has 0 aliphatic rings. The number of unbranched alkanes of at least 4 members (excludes halogenated alkanes) is 1. The number of aliphatic hydroxyl groups excluding tert-OH is 1. The van der Waals surface area contributed by atoms with E-state index < -0.39 is 0 Å². The molecule has 3 N–H and O–H groups in total. The van der Waals surface area contributed by atoms with Gasteiger partial charge in [0.2, 0.25) is 0 Å². The summed E-state index contributed by atoms with van der Waals surface area (Å²) in [6, 6.07) is 5.99. The summed E-state index contributed by atoms with van der Waals surface area (Å²) in [7, 11) is 0. The second-order valence-corrected chi connectivity index (χ2v) is 5.67.